The number of carbonyl (C=O) groups is 1. The van der Waals surface area contributed by atoms with Crippen LogP contribution in [0.2, 0.25) is 0 Å². The van der Waals surface area contributed by atoms with Crippen molar-refractivity contribution >= 4 is 17.7 Å². The van der Waals surface area contributed by atoms with E-state index in [1.807, 2.05) is 27.8 Å². The summed E-state index contributed by atoms with van der Waals surface area (Å²) in [6.45, 7) is 1.56. The number of amides is 1. The number of piperidine rings is 1. The second kappa shape index (κ2) is 6.93. The van der Waals surface area contributed by atoms with Crippen LogP contribution in [0.15, 0.2) is 30.3 Å². The molecule has 1 amide bonds. The lowest BCUT2D eigenvalue weighted by Crippen LogP contribution is -2.42. The van der Waals surface area contributed by atoms with Gasteiger partial charge in [0.2, 0.25) is 5.91 Å². The highest BCUT2D eigenvalue weighted by Gasteiger charge is 2.31. The minimum absolute atomic E-state index is 0.0202. The van der Waals surface area contributed by atoms with Crippen molar-refractivity contribution in [2.24, 2.45) is 0 Å². The van der Waals surface area contributed by atoms with E-state index in [4.69, 9.17) is 0 Å². The van der Waals surface area contributed by atoms with Crippen molar-refractivity contribution in [3.05, 3.63) is 41.7 Å². The van der Waals surface area contributed by atoms with E-state index in [1.54, 1.807) is 11.8 Å². The molecule has 2 aliphatic rings. The van der Waals surface area contributed by atoms with Crippen LogP contribution in [0.1, 0.15) is 43.1 Å². The minimum Gasteiger partial charge on any atom is -0.337 e. The quantitative estimate of drug-likeness (QED) is 0.806. The first-order valence-electron chi connectivity index (χ1n) is 8.52. The number of tetrazole rings is 1. The molecule has 1 aromatic heterocycles. The Morgan fingerprint density at radius 2 is 2.00 bits per heavy atom. The second-order valence-electron chi connectivity index (χ2n) is 6.46. The second-order valence-corrected chi connectivity index (χ2v) is 7.65. The van der Waals surface area contributed by atoms with E-state index in [1.165, 1.54) is 5.56 Å². The fraction of sp³-hybridized carbons (Fsp3) is 0.529. The highest BCUT2D eigenvalue weighted by Crippen LogP contribution is 2.35. The molecule has 2 heterocycles. The topological polar surface area (TPSA) is 63.9 Å². The predicted molar refractivity (Wildman–Crippen MR) is 92.3 cm³/mol. The van der Waals surface area contributed by atoms with Crippen LogP contribution in [0, 0.1) is 0 Å². The van der Waals surface area contributed by atoms with E-state index in [0.29, 0.717) is 18.3 Å². The first-order chi connectivity index (χ1) is 11.8. The lowest BCUT2D eigenvalue weighted by atomic mass is 10.1. The maximum atomic E-state index is 12.8. The van der Waals surface area contributed by atoms with Crippen molar-refractivity contribution in [2.45, 2.75) is 49.3 Å². The largest absolute Gasteiger partial charge is 0.337 e. The molecule has 0 bridgehead atoms. The highest BCUT2D eigenvalue weighted by molar-refractivity contribution is 7.99. The number of nitrogens with zero attached hydrogens (tertiary/aromatic N) is 5. The van der Waals surface area contributed by atoms with E-state index in [0.717, 1.165) is 38.1 Å². The molecule has 4 rings (SSSR count). The number of rotatable bonds is 6. The highest BCUT2D eigenvalue weighted by atomic mass is 32.2. The molecule has 6 nitrogen and oxygen atoms in total. The Kier molecular flexibility index (Phi) is 4.51. The maximum absolute atomic E-state index is 12.8. The number of hydrogen-bond donors (Lipinski definition) is 0. The van der Waals surface area contributed by atoms with Gasteiger partial charge in [-0.3, -0.25) is 4.79 Å². The zero-order chi connectivity index (χ0) is 16.4. The number of aromatic nitrogens is 4. The van der Waals surface area contributed by atoms with Crippen molar-refractivity contribution in [3.63, 3.8) is 0 Å². The third-order valence-corrected chi connectivity index (χ3v) is 5.83. The molecule has 0 spiro atoms. The molecule has 0 unspecified atom stereocenters. The average Bonchev–Trinajstić information content (AvgIpc) is 3.35. The average molecular weight is 343 g/mol. The van der Waals surface area contributed by atoms with Gasteiger partial charge in [-0.05, 0) is 41.7 Å². The molecular weight excluding hydrogens is 322 g/mol. The fourth-order valence-electron chi connectivity index (χ4n) is 3.11. The Morgan fingerprint density at radius 1 is 1.17 bits per heavy atom. The van der Waals surface area contributed by atoms with E-state index >= 15 is 0 Å². The lowest BCUT2D eigenvalue weighted by molar-refractivity contribution is -0.133. The maximum Gasteiger partial charge on any atom is 0.236 e. The van der Waals surface area contributed by atoms with Gasteiger partial charge in [-0.15, -0.1) is 16.9 Å². The zero-order valence-corrected chi connectivity index (χ0v) is 14.4. The van der Waals surface area contributed by atoms with Crippen LogP contribution in [0.4, 0.5) is 0 Å². The summed E-state index contributed by atoms with van der Waals surface area (Å²) in [7, 11) is 0. The standard InChI is InChI=1S/C17H21N5OS/c23-17-15(24-12-16-18-19-20-22(16)14-8-9-14)7-4-10-21(17)11-13-5-2-1-3-6-13/h1-3,5-6,14-15H,4,7-12H2/t15-/m0/s1. The van der Waals surface area contributed by atoms with Gasteiger partial charge in [-0.25, -0.2) is 4.68 Å². The van der Waals surface area contributed by atoms with Gasteiger partial charge >= 0.3 is 0 Å². The summed E-state index contributed by atoms with van der Waals surface area (Å²) < 4.78 is 1.93. The summed E-state index contributed by atoms with van der Waals surface area (Å²) in [4.78, 5) is 14.8. The molecule has 1 aromatic carbocycles. The van der Waals surface area contributed by atoms with Crippen LogP contribution in [0.5, 0.6) is 0 Å². The minimum atomic E-state index is 0.0202. The van der Waals surface area contributed by atoms with Crippen LogP contribution in [0.25, 0.3) is 0 Å². The Balaban J connectivity index is 1.36. The van der Waals surface area contributed by atoms with Gasteiger partial charge < -0.3 is 4.90 Å². The van der Waals surface area contributed by atoms with Crippen LogP contribution in [-0.2, 0) is 17.1 Å². The van der Waals surface area contributed by atoms with Gasteiger partial charge in [0.25, 0.3) is 0 Å². The molecule has 7 heteroatoms. The first-order valence-corrected chi connectivity index (χ1v) is 9.57. The molecule has 1 aliphatic carbocycles. The SMILES string of the molecule is O=C1[C@@H](SCc2nnnn2C2CC2)CCCN1Cc1ccccc1. The lowest BCUT2D eigenvalue weighted by Gasteiger charge is -2.32. The van der Waals surface area contributed by atoms with Crippen molar-refractivity contribution < 1.29 is 4.79 Å². The summed E-state index contributed by atoms with van der Waals surface area (Å²) in [6.07, 6.45) is 4.33. The van der Waals surface area contributed by atoms with E-state index in [-0.39, 0.29) is 11.2 Å². The van der Waals surface area contributed by atoms with Gasteiger partial charge in [0.15, 0.2) is 5.82 Å². The third kappa shape index (κ3) is 3.45. The Hall–Kier alpha value is -1.89. The van der Waals surface area contributed by atoms with Crippen molar-refractivity contribution in [1.29, 1.82) is 0 Å². The molecule has 1 atom stereocenters. The summed E-state index contributed by atoms with van der Waals surface area (Å²) >= 11 is 1.68. The molecular formula is C17H21N5OS. The van der Waals surface area contributed by atoms with Gasteiger partial charge in [-0.2, -0.15) is 0 Å². The molecule has 0 N–H and O–H groups in total. The Morgan fingerprint density at radius 3 is 2.79 bits per heavy atom. The summed E-state index contributed by atoms with van der Waals surface area (Å²) in [5.74, 6) is 1.86. The van der Waals surface area contributed by atoms with Crippen LogP contribution in [-0.4, -0.2) is 42.8 Å². The van der Waals surface area contributed by atoms with Crippen LogP contribution in [0.3, 0.4) is 0 Å². The molecule has 1 aliphatic heterocycles. The molecule has 126 valence electrons. The van der Waals surface area contributed by atoms with E-state index in [2.05, 4.69) is 27.7 Å². The Bertz CT molecular complexity index is 700. The van der Waals surface area contributed by atoms with Crippen molar-refractivity contribution in [3.8, 4) is 0 Å². The number of thioether (sulfide) groups is 1. The first kappa shape index (κ1) is 15.6. The number of benzene rings is 1. The number of carbonyl (C=O) groups excluding carboxylic acids is 1. The number of hydrogen-bond acceptors (Lipinski definition) is 5. The van der Waals surface area contributed by atoms with Crippen molar-refractivity contribution in [2.75, 3.05) is 6.54 Å². The number of likely N-dealkylation sites (tertiary alicyclic amines) is 1. The molecule has 2 fully saturated rings. The van der Waals surface area contributed by atoms with Gasteiger partial charge in [0, 0.05) is 13.1 Å². The zero-order valence-electron chi connectivity index (χ0n) is 13.5. The van der Waals surface area contributed by atoms with Gasteiger partial charge in [-0.1, -0.05) is 30.3 Å². The summed E-state index contributed by atoms with van der Waals surface area (Å²) in [5, 5.41) is 12.0. The summed E-state index contributed by atoms with van der Waals surface area (Å²) in [5.41, 5.74) is 1.19. The van der Waals surface area contributed by atoms with Gasteiger partial charge in [0.1, 0.15) is 0 Å². The van der Waals surface area contributed by atoms with E-state index in [9.17, 15) is 4.79 Å². The molecule has 1 saturated carbocycles. The van der Waals surface area contributed by atoms with Gasteiger partial charge in [0.05, 0.1) is 17.0 Å². The Labute approximate surface area is 145 Å². The van der Waals surface area contributed by atoms with E-state index < -0.39 is 0 Å². The third-order valence-electron chi connectivity index (χ3n) is 4.57. The monoisotopic (exact) mass is 343 g/mol. The summed E-state index contributed by atoms with van der Waals surface area (Å²) in [6, 6.07) is 10.7. The molecule has 1 saturated heterocycles. The molecule has 24 heavy (non-hydrogen) atoms. The van der Waals surface area contributed by atoms with Crippen molar-refractivity contribution in [1.82, 2.24) is 25.1 Å². The fourth-order valence-corrected chi connectivity index (χ4v) is 4.27. The smallest absolute Gasteiger partial charge is 0.236 e. The predicted octanol–water partition coefficient (Wildman–Crippen LogP) is 2.43. The molecule has 0 radical (unpaired) electrons. The van der Waals surface area contributed by atoms with Crippen LogP contribution < -0.4 is 0 Å². The van der Waals surface area contributed by atoms with Crippen LogP contribution >= 0.6 is 11.8 Å². The normalized spacial score (nSPS) is 21.2. The molecule has 2 aromatic rings.